The summed E-state index contributed by atoms with van der Waals surface area (Å²) in [7, 11) is 0. The van der Waals surface area contributed by atoms with Crippen molar-refractivity contribution < 1.29 is 13.9 Å². The number of nitrogens with zero attached hydrogens (tertiary/aromatic N) is 2. The molecule has 1 aliphatic heterocycles. The predicted octanol–water partition coefficient (Wildman–Crippen LogP) is 3.12. The topological polar surface area (TPSA) is 42.4 Å². The Morgan fingerprint density at radius 1 is 1.43 bits per heavy atom. The minimum absolute atomic E-state index is 0.133. The van der Waals surface area contributed by atoms with Gasteiger partial charge in [-0.25, -0.2) is 9.37 Å². The lowest BCUT2D eigenvalue weighted by Crippen LogP contribution is -2.42. The van der Waals surface area contributed by atoms with E-state index in [4.69, 9.17) is 4.74 Å². The lowest BCUT2D eigenvalue weighted by molar-refractivity contribution is -0.139. The normalized spacial score (nSPS) is 18.2. The molecule has 1 aromatic heterocycles. The third kappa shape index (κ3) is 3.95. The number of rotatable bonds is 4. The molecule has 4 nitrogen and oxygen atoms in total. The summed E-state index contributed by atoms with van der Waals surface area (Å²) < 4.78 is 18.7. The van der Waals surface area contributed by atoms with E-state index in [1.807, 2.05) is 17.3 Å². The molecular formula is C17H19FN2O2S. The van der Waals surface area contributed by atoms with Crippen LogP contribution in [0.1, 0.15) is 28.7 Å². The van der Waals surface area contributed by atoms with Crippen molar-refractivity contribution in [2.24, 2.45) is 0 Å². The molecule has 1 aromatic carbocycles. The fourth-order valence-electron chi connectivity index (χ4n) is 2.70. The van der Waals surface area contributed by atoms with E-state index in [0.717, 1.165) is 17.7 Å². The van der Waals surface area contributed by atoms with Gasteiger partial charge in [0.1, 0.15) is 11.9 Å². The minimum atomic E-state index is -0.266. The van der Waals surface area contributed by atoms with Crippen LogP contribution in [-0.2, 0) is 16.0 Å². The van der Waals surface area contributed by atoms with Crippen LogP contribution in [0.5, 0.6) is 0 Å². The third-order valence-electron chi connectivity index (χ3n) is 4.07. The number of aromatic nitrogens is 1. The second-order valence-corrected chi connectivity index (χ2v) is 6.55. The summed E-state index contributed by atoms with van der Waals surface area (Å²) in [5.41, 5.74) is 3.73. The molecule has 0 N–H and O–H groups in total. The Balaban J connectivity index is 1.58. The van der Waals surface area contributed by atoms with Crippen LogP contribution >= 0.6 is 11.3 Å². The lowest BCUT2D eigenvalue weighted by Gasteiger charge is -2.33. The molecule has 0 aliphatic carbocycles. The average molecular weight is 334 g/mol. The first-order chi connectivity index (χ1) is 11.1. The molecule has 1 atom stereocenters. The molecular weight excluding hydrogens is 315 g/mol. The number of carbonyl (C=O) groups is 1. The molecule has 0 unspecified atom stereocenters. The smallest absolute Gasteiger partial charge is 0.223 e. The summed E-state index contributed by atoms with van der Waals surface area (Å²) in [6.07, 6.45) is 1.03. The van der Waals surface area contributed by atoms with Crippen molar-refractivity contribution in [2.45, 2.75) is 25.9 Å². The van der Waals surface area contributed by atoms with Gasteiger partial charge in [0, 0.05) is 17.8 Å². The Kier molecular flexibility index (Phi) is 5.03. The van der Waals surface area contributed by atoms with E-state index in [-0.39, 0.29) is 17.8 Å². The van der Waals surface area contributed by atoms with Crippen LogP contribution < -0.4 is 0 Å². The van der Waals surface area contributed by atoms with Crippen LogP contribution in [0.3, 0.4) is 0 Å². The molecule has 1 amide bonds. The fraction of sp³-hybridized carbons (Fsp3) is 0.412. The van der Waals surface area contributed by atoms with Crippen LogP contribution in [0, 0.1) is 12.7 Å². The van der Waals surface area contributed by atoms with Crippen LogP contribution in [0.15, 0.2) is 29.8 Å². The van der Waals surface area contributed by atoms with E-state index in [9.17, 15) is 9.18 Å². The Bertz CT molecular complexity index is 671. The highest BCUT2D eigenvalue weighted by molar-refractivity contribution is 7.09. The minimum Gasteiger partial charge on any atom is -0.370 e. The lowest BCUT2D eigenvalue weighted by atomic mass is 10.1. The van der Waals surface area contributed by atoms with Crippen molar-refractivity contribution in [1.82, 2.24) is 9.88 Å². The van der Waals surface area contributed by atoms with Gasteiger partial charge in [-0.3, -0.25) is 4.79 Å². The zero-order valence-electron chi connectivity index (χ0n) is 13.0. The molecule has 0 spiro atoms. The van der Waals surface area contributed by atoms with Crippen molar-refractivity contribution in [3.05, 3.63) is 51.7 Å². The fourth-order valence-corrected chi connectivity index (χ4v) is 3.48. The second kappa shape index (κ2) is 7.19. The van der Waals surface area contributed by atoms with Gasteiger partial charge < -0.3 is 9.64 Å². The molecule has 0 radical (unpaired) electrons. The van der Waals surface area contributed by atoms with Gasteiger partial charge in [0.05, 0.1) is 24.4 Å². The van der Waals surface area contributed by atoms with E-state index in [1.54, 1.807) is 23.5 Å². The average Bonchev–Trinajstić information content (AvgIpc) is 2.98. The summed E-state index contributed by atoms with van der Waals surface area (Å²) >= 11 is 1.59. The van der Waals surface area contributed by atoms with Gasteiger partial charge in [-0.1, -0.05) is 12.1 Å². The summed E-state index contributed by atoms with van der Waals surface area (Å²) in [4.78, 5) is 19.6. The van der Waals surface area contributed by atoms with Crippen molar-refractivity contribution in [3.8, 4) is 0 Å². The Labute approximate surface area is 138 Å². The van der Waals surface area contributed by atoms with Crippen LogP contribution in [0.2, 0.25) is 0 Å². The molecule has 3 rings (SSSR count). The zero-order valence-corrected chi connectivity index (χ0v) is 13.8. The molecule has 23 heavy (non-hydrogen) atoms. The monoisotopic (exact) mass is 334 g/mol. The quantitative estimate of drug-likeness (QED) is 0.863. The summed E-state index contributed by atoms with van der Waals surface area (Å²) in [5, 5.41) is 0. The first kappa shape index (κ1) is 16.1. The first-order valence-electron chi connectivity index (χ1n) is 7.67. The van der Waals surface area contributed by atoms with E-state index in [0.29, 0.717) is 26.1 Å². The SMILES string of the molecule is Cc1ncsc1CCC(=O)N1CCO[C@H](c2ccc(F)cc2)C1. The number of hydrogen-bond donors (Lipinski definition) is 0. The van der Waals surface area contributed by atoms with Gasteiger partial charge in [0.2, 0.25) is 5.91 Å². The molecule has 0 bridgehead atoms. The molecule has 0 saturated carbocycles. The molecule has 2 heterocycles. The van der Waals surface area contributed by atoms with Crippen LogP contribution in [-0.4, -0.2) is 35.5 Å². The van der Waals surface area contributed by atoms with Crippen molar-refractivity contribution >= 4 is 17.2 Å². The van der Waals surface area contributed by atoms with Crippen LogP contribution in [0.4, 0.5) is 4.39 Å². The molecule has 6 heteroatoms. The maximum Gasteiger partial charge on any atom is 0.223 e. The standard InChI is InChI=1S/C17H19FN2O2S/c1-12-16(23-11-19-12)6-7-17(21)20-8-9-22-15(10-20)13-2-4-14(18)5-3-13/h2-5,11,15H,6-10H2,1H3/t15-/m0/s1. The number of morpholine rings is 1. The number of carbonyl (C=O) groups excluding carboxylic acids is 1. The first-order valence-corrected chi connectivity index (χ1v) is 8.55. The molecule has 1 aliphatic rings. The number of thiazole rings is 1. The Morgan fingerprint density at radius 2 is 2.22 bits per heavy atom. The number of ether oxygens (including phenoxy) is 1. The molecule has 1 fully saturated rings. The number of amides is 1. The third-order valence-corrected chi connectivity index (χ3v) is 5.07. The van der Waals surface area contributed by atoms with E-state index >= 15 is 0 Å². The molecule has 122 valence electrons. The van der Waals surface area contributed by atoms with Crippen LogP contribution in [0.25, 0.3) is 0 Å². The van der Waals surface area contributed by atoms with Gasteiger partial charge in [-0.05, 0) is 31.0 Å². The maximum absolute atomic E-state index is 13.0. The number of halogens is 1. The van der Waals surface area contributed by atoms with E-state index in [1.165, 1.54) is 17.0 Å². The predicted molar refractivity (Wildman–Crippen MR) is 86.8 cm³/mol. The van der Waals surface area contributed by atoms with Crippen molar-refractivity contribution in [2.75, 3.05) is 19.7 Å². The highest BCUT2D eigenvalue weighted by Gasteiger charge is 2.25. The van der Waals surface area contributed by atoms with Gasteiger partial charge >= 0.3 is 0 Å². The van der Waals surface area contributed by atoms with Crippen molar-refractivity contribution in [1.29, 1.82) is 0 Å². The number of hydrogen-bond acceptors (Lipinski definition) is 4. The molecule has 1 saturated heterocycles. The second-order valence-electron chi connectivity index (χ2n) is 5.61. The molecule has 2 aromatic rings. The summed E-state index contributed by atoms with van der Waals surface area (Å²) in [6, 6.07) is 6.28. The zero-order chi connectivity index (χ0) is 16.2. The highest BCUT2D eigenvalue weighted by Crippen LogP contribution is 2.23. The van der Waals surface area contributed by atoms with Gasteiger partial charge in [-0.15, -0.1) is 11.3 Å². The number of benzene rings is 1. The summed E-state index contributed by atoms with van der Waals surface area (Å²) in [5.74, 6) is -0.134. The van der Waals surface area contributed by atoms with Gasteiger partial charge in [0.15, 0.2) is 0 Å². The highest BCUT2D eigenvalue weighted by atomic mass is 32.1. The summed E-state index contributed by atoms with van der Waals surface area (Å²) in [6.45, 7) is 3.60. The maximum atomic E-state index is 13.0. The Hall–Kier alpha value is -1.79. The van der Waals surface area contributed by atoms with E-state index < -0.39 is 0 Å². The Morgan fingerprint density at radius 3 is 2.91 bits per heavy atom. The number of aryl methyl sites for hydroxylation is 2. The van der Waals surface area contributed by atoms with Crippen molar-refractivity contribution in [3.63, 3.8) is 0 Å². The van der Waals surface area contributed by atoms with Gasteiger partial charge in [0.25, 0.3) is 0 Å². The van der Waals surface area contributed by atoms with Gasteiger partial charge in [-0.2, -0.15) is 0 Å². The largest absolute Gasteiger partial charge is 0.370 e. The van der Waals surface area contributed by atoms with E-state index in [2.05, 4.69) is 4.98 Å².